The molecule has 7 heteroatoms. The molecule has 1 fully saturated rings. The molecule has 2 heterocycles. The molecule has 2 atom stereocenters. The molecular weight excluding hydrogens is 254 g/mol. The molecule has 0 saturated carbocycles. The second-order valence-corrected chi connectivity index (χ2v) is 4.23. The fourth-order valence-electron chi connectivity index (χ4n) is 1.92. The number of aromatic nitrogens is 1. The SMILES string of the molecule is COC(=O)c1nc(C2CCC(C)O2)oc1C(=O)OC. The van der Waals surface area contributed by atoms with Crippen molar-refractivity contribution >= 4 is 11.9 Å². The molecule has 0 amide bonds. The van der Waals surface area contributed by atoms with E-state index in [-0.39, 0.29) is 29.6 Å². The van der Waals surface area contributed by atoms with Crippen LogP contribution in [0.5, 0.6) is 0 Å². The van der Waals surface area contributed by atoms with Gasteiger partial charge in [0.1, 0.15) is 6.10 Å². The fraction of sp³-hybridized carbons (Fsp3) is 0.583. The van der Waals surface area contributed by atoms with Gasteiger partial charge in [-0.1, -0.05) is 0 Å². The van der Waals surface area contributed by atoms with Gasteiger partial charge in [0.2, 0.25) is 17.3 Å². The van der Waals surface area contributed by atoms with E-state index in [1.54, 1.807) is 0 Å². The van der Waals surface area contributed by atoms with Crippen LogP contribution in [-0.2, 0) is 14.2 Å². The summed E-state index contributed by atoms with van der Waals surface area (Å²) in [5.74, 6) is -1.58. The fourth-order valence-corrected chi connectivity index (χ4v) is 1.92. The highest BCUT2D eigenvalue weighted by Crippen LogP contribution is 2.33. The van der Waals surface area contributed by atoms with Gasteiger partial charge in [0.05, 0.1) is 20.3 Å². The zero-order chi connectivity index (χ0) is 14.0. The van der Waals surface area contributed by atoms with Crippen LogP contribution in [-0.4, -0.2) is 37.2 Å². The molecule has 0 spiro atoms. The zero-order valence-electron chi connectivity index (χ0n) is 11.0. The van der Waals surface area contributed by atoms with Gasteiger partial charge in [0.15, 0.2) is 0 Å². The monoisotopic (exact) mass is 269 g/mol. The minimum Gasteiger partial charge on any atom is -0.464 e. The molecule has 1 aliphatic rings. The van der Waals surface area contributed by atoms with E-state index in [1.807, 2.05) is 6.92 Å². The van der Waals surface area contributed by atoms with Crippen molar-refractivity contribution in [2.75, 3.05) is 14.2 Å². The summed E-state index contributed by atoms with van der Waals surface area (Å²) < 4.78 is 20.0. The van der Waals surface area contributed by atoms with Crippen molar-refractivity contribution in [3.8, 4) is 0 Å². The van der Waals surface area contributed by atoms with Crippen molar-refractivity contribution in [2.45, 2.75) is 32.0 Å². The van der Waals surface area contributed by atoms with E-state index >= 15 is 0 Å². The Hall–Kier alpha value is -1.89. The molecule has 104 valence electrons. The number of hydrogen-bond acceptors (Lipinski definition) is 7. The van der Waals surface area contributed by atoms with E-state index in [0.717, 1.165) is 12.8 Å². The smallest absolute Gasteiger partial charge is 0.376 e. The third kappa shape index (κ3) is 2.60. The van der Waals surface area contributed by atoms with Crippen LogP contribution in [0.25, 0.3) is 0 Å². The van der Waals surface area contributed by atoms with Crippen LogP contribution in [0, 0.1) is 0 Å². The highest BCUT2D eigenvalue weighted by Gasteiger charge is 2.33. The molecule has 0 N–H and O–H groups in total. The molecule has 1 saturated heterocycles. The topological polar surface area (TPSA) is 87.9 Å². The molecule has 1 aromatic rings. The van der Waals surface area contributed by atoms with Crippen molar-refractivity contribution in [3.05, 3.63) is 17.3 Å². The second-order valence-electron chi connectivity index (χ2n) is 4.23. The largest absolute Gasteiger partial charge is 0.464 e. The van der Waals surface area contributed by atoms with E-state index in [4.69, 9.17) is 9.15 Å². The first kappa shape index (κ1) is 13.5. The Morgan fingerprint density at radius 1 is 1.21 bits per heavy atom. The van der Waals surface area contributed by atoms with E-state index in [1.165, 1.54) is 14.2 Å². The lowest BCUT2D eigenvalue weighted by Gasteiger charge is -2.05. The zero-order valence-corrected chi connectivity index (χ0v) is 11.0. The Morgan fingerprint density at radius 3 is 2.42 bits per heavy atom. The third-order valence-electron chi connectivity index (χ3n) is 2.90. The van der Waals surface area contributed by atoms with Crippen LogP contribution in [0.4, 0.5) is 0 Å². The lowest BCUT2D eigenvalue weighted by atomic mass is 10.2. The van der Waals surface area contributed by atoms with Crippen molar-refractivity contribution in [3.63, 3.8) is 0 Å². The maximum atomic E-state index is 11.6. The van der Waals surface area contributed by atoms with Crippen LogP contribution in [0.15, 0.2) is 4.42 Å². The average molecular weight is 269 g/mol. The quantitative estimate of drug-likeness (QED) is 0.768. The molecule has 1 aromatic heterocycles. The van der Waals surface area contributed by atoms with Gasteiger partial charge in [-0.3, -0.25) is 0 Å². The van der Waals surface area contributed by atoms with E-state index in [0.29, 0.717) is 0 Å². The Balaban J connectivity index is 2.34. The van der Waals surface area contributed by atoms with Gasteiger partial charge in [0.25, 0.3) is 0 Å². The summed E-state index contributed by atoms with van der Waals surface area (Å²) >= 11 is 0. The summed E-state index contributed by atoms with van der Waals surface area (Å²) in [5, 5.41) is 0. The highest BCUT2D eigenvalue weighted by atomic mass is 16.5. The number of esters is 2. The van der Waals surface area contributed by atoms with Crippen molar-refractivity contribution in [1.82, 2.24) is 4.98 Å². The normalized spacial score (nSPS) is 22.3. The van der Waals surface area contributed by atoms with E-state index in [2.05, 4.69) is 14.5 Å². The first-order chi connectivity index (χ1) is 9.06. The standard InChI is InChI=1S/C12H15NO6/c1-6-4-5-7(18-6)10-13-8(11(14)16-2)9(19-10)12(15)17-3/h6-7H,4-5H2,1-3H3. The van der Waals surface area contributed by atoms with Crippen LogP contribution < -0.4 is 0 Å². The number of oxazole rings is 1. The predicted molar refractivity (Wildman–Crippen MR) is 61.7 cm³/mol. The van der Waals surface area contributed by atoms with Gasteiger partial charge >= 0.3 is 11.9 Å². The molecule has 19 heavy (non-hydrogen) atoms. The number of rotatable bonds is 3. The molecule has 0 radical (unpaired) electrons. The van der Waals surface area contributed by atoms with Gasteiger partial charge in [-0.2, -0.15) is 0 Å². The predicted octanol–water partition coefficient (Wildman–Crippen LogP) is 1.49. The number of ether oxygens (including phenoxy) is 3. The first-order valence-electron chi connectivity index (χ1n) is 5.89. The van der Waals surface area contributed by atoms with Gasteiger partial charge in [-0.05, 0) is 19.8 Å². The van der Waals surface area contributed by atoms with Gasteiger partial charge in [-0.15, -0.1) is 0 Å². The summed E-state index contributed by atoms with van der Waals surface area (Å²) in [6.45, 7) is 1.94. The summed E-state index contributed by atoms with van der Waals surface area (Å²) in [4.78, 5) is 27.1. The summed E-state index contributed by atoms with van der Waals surface area (Å²) in [6, 6.07) is 0. The summed E-state index contributed by atoms with van der Waals surface area (Å²) in [6.07, 6.45) is 1.34. The molecule has 0 aromatic carbocycles. The highest BCUT2D eigenvalue weighted by molar-refractivity contribution is 5.99. The van der Waals surface area contributed by atoms with Crippen molar-refractivity contribution in [1.29, 1.82) is 0 Å². The molecule has 1 aliphatic heterocycles. The first-order valence-corrected chi connectivity index (χ1v) is 5.89. The molecule has 7 nitrogen and oxygen atoms in total. The third-order valence-corrected chi connectivity index (χ3v) is 2.90. The van der Waals surface area contributed by atoms with Crippen molar-refractivity contribution in [2.24, 2.45) is 0 Å². The van der Waals surface area contributed by atoms with E-state index in [9.17, 15) is 9.59 Å². The molecular formula is C12H15NO6. The van der Waals surface area contributed by atoms with Gasteiger partial charge in [-0.25, -0.2) is 14.6 Å². The summed E-state index contributed by atoms with van der Waals surface area (Å²) in [5.41, 5.74) is -0.187. The number of methoxy groups -OCH3 is 2. The van der Waals surface area contributed by atoms with Crippen molar-refractivity contribution < 1.29 is 28.2 Å². The minimum atomic E-state index is -0.773. The minimum absolute atomic E-state index is 0.0973. The van der Waals surface area contributed by atoms with Gasteiger partial charge in [0, 0.05) is 0 Å². The molecule has 0 bridgehead atoms. The number of nitrogens with zero attached hydrogens (tertiary/aromatic N) is 1. The number of carbonyl (C=O) groups is 2. The maximum Gasteiger partial charge on any atom is 0.376 e. The van der Waals surface area contributed by atoms with Crippen LogP contribution >= 0.6 is 0 Å². The average Bonchev–Trinajstić information content (AvgIpc) is 3.02. The molecule has 2 unspecified atom stereocenters. The molecule has 0 aliphatic carbocycles. The second kappa shape index (κ2) is 5.40. The van der Waals surface area contributed by atoms with Gasteiger partial charge < -0.3 is 18.6 Å². The van der Waals surface area contributed by atoms with Crippen LogP contribution in [0.3, 0.4) is 0 Å². The maximum absolute atomic E-state index is 11.6. The number of hydrogen-bond donors (Lipinski definition) is 0. The van der Waals surface area contributed by atoms with Crippen LogP contribution in [0.1, 0.15) is 52.8 Å². The Kier molecular flexibility index (Phi) is 3.84. The Labute approximate surface area is 109 Å². The lowest BCUT2D eigenvalue weighted by Crippen LogP contribution is -2.10. The Morgan fingerprint density at radius 2 is 1.89 bits per heavy atom. The lowest BCUT2D eigenvalue weighted by molar-refractivity contribution is 0.0362. The molecule has 2 rings (SSSR count). The summed E-state index contributed by atoms with van der Waals surface area (Å²) in [7, 11) is 2.39. The number of carbonyl (C=O) groups excluding carboxylic acids is 2. The van der Waals surface area contributed by atoms with Crippen LogP contribution in [0.2, 0.25) is 0 Å². The Bertz CT molecular complexity index is 461. The van der Waals surface area contributed by atoms with E-state index < -0.39 is 11.9 Å².